The normalized spacial score (nSPS) is 15.2. The van der Waals surface area contributed by atoms with Crippen LogP contribution >= 0.6 is 0 Å². The predicted molar refractivity (Wildman–Crippen MR) is 202 cm³/mol. The summed E-state index contributed by atoms with van der Waals surface area (Å²) >= 11 is 0. The predicted octanol–water partition coefficient (Wildman–Crippen LogP) is 4.61. The van der Waals surface area contributed by atoms with E-state index in [1.165, 1.54) is 12.8 Å². The Morgan fingerprint density at radius 3 is 1.83 bits per heavy atom. The lowest BCUT2D eigenvalue weighted by Gasteiger charge is -2.19. The summed E-state index contributed by atoms with van der Waals surface area (Å²) in [6, 6.07) is 18.2. The summed E-state index contributed by atoms with van der Waals surface area (Å²) in [6.45, 7) is 7.92. The second kappa shape index (κ2) is 19.9. The van der Waals surface area contributed by atoms with Gasteiger partial charge < -0.3 is 20.6 Å². The topological polar surface area (TPSA) is 193 Å². The van der Waals surface area contributed by atoms with Gasteiger partial charge in [0, 0.05) is 35.9 Å². The lowest BCUT2D eigenvalue weighted by molar-refractivity contribution is -0.142. The summed E-state index contributed by atoms with van der Waals surface area (Å²) in [5.41, 5.74) is 9.45. The van der Waals surface area contributed by atoms with Crippen molar-refractivity contribution in [2.75, 3.05) is 26.2 Å². The Bertz CT molecular complexity index is 2070. The van der Waals surface area contributed by atoms with E-state index >= 15 is 0 Å². The van der Waals surface area contributed by atoms with Gasteiger partial charge in [-0.05, 0) is 126 Å². The molecule has 0 saturated carbocycles. The number of hydrogen-bond donors (Lipinski definition) is 3. The van der Waals surface area contributed by atoms with Crippen LogP contribution in [0.25, 0.3) is 11.5 Å². The lowest BCUT2D eigenvalue weighted by Crippen LogP contribution is -2.36. The zero-order valence-corrected chi connectivity index (χ0v) is 30.2. The van der Waals surface area contributed by atoms with Crippen molar-refractivity contribution in [3.63, 3.8) is 0 Å². The number of amidine groups is 1. The number of nitrogens with zero attached hydrogens (tertiary/aromatic N) is 9. The van der Waals surface area contributed by atoms with Crippen molar-refractivity contribution in [2.45, 2.75) is 51.6 Å². The number of pyridine rings is 4. The maximum absolute atomic E-state index is 10.4. The average molecular weight is 727 g/mol. The molecule has 14 nitrogen and oxygen atoms in total. The first kappa shape index (κ1) is 38.7. The van der Waals surface area contributed by atoms with Gasteiger partial charge in [-0.2, -0.15) is 4.98 Å². The minimum Gasteiger partial charge on any atom is -0.480 e. The number of nitrogens with two attached hydrogens (primary N) is 1. The lowest BCUT2D eigenvalue weighted by atomic mass is 10.2. The van der Waals surface area contributed by atoms with Gasteiger partial charge in [-0.3, -0.25) is 24.6 Å². The van der Waals surface area contributed by atoms with Crippen LogP contribution in [-0.2, 0) is 4.79 Å². The first-order valence-corrected chi connectivity index (χ1v) is 17.6. The van der Waals surface area contributed by atoms with Gasteiger partial charge in [-0.1, -0.05) is 34.3 Å². The molecule has 2 aliphatic heterocycles. The summed E-state index contributed by atoms with van der Waals surface area (Å²) in [5.74, 6) is 12.3. The SMILES string of the molecule is CC(C(=O)O)N1CCCC1.CC(c1nc(-c2ccc(C#Cc3ccccn3)cn2)no1)N1CCCC1.N/C(=N\O)c1ccc(C#Cc2ccccn2)cn1. The molecular formula is C40H42N10O4. The second-order valence-corrected chi connectivity index (χ2v) is 12.4. The van der Waals surface area contributed by atoms with Crippen LogP contribution in [-0.4, -0.2) is 94.2 Å². The first-order valence-electron chi connectivity index (χ1n) is 17.6. The number of aromatic nitrogens is 6. The molecule has 2 fully saturated rings. The van der Waals surface area contributed by atoms with Gasteiger partial charge in [0.25, 0.3) is 0 Å². The fraction of sp³-hybridized carbons (Fsp3) is 0.300. The first-order chi connectivity index (χ1) is 26.3. The van der Waals surface area contributed by atoms with Gasteiger partial charge in [-0.15, -0.1) is 0 Å². The molecule has 0 amide bonds. The Hall–Kier alpha value is -6.48. The Morgan fingerprint density at radius 2 is 1.35 bits per heavy atom. The van der Waals surface area contributed by atoms with Crippen molar-refractivity contribution >= 4 is 11.8 Å². The van der Waals surface area contributed by atoms with Crippen molar-refractivity contribution in [3.05, 3.63) is 120 Å². The van der Waals surface area contributed by atoms with E-state index < -0.39 is 5.97 Å². The standard InChI is InChI=1S/C20H19N5O.C13H10N4O.C7H13NO2/c1-15(25-12-4-5-13-25)20-23-19(24-26-20)18-10-8-16(14-22-18)7-9-17-6-2-3-11-21-17;14-13(17-18)12-7-5-10(9-16-12)4-6-11-3-1-2-8-15-11;1-6(7(9)10)8-4-2-3-5-8/h2-3,6,8,10-11,14-15H,4-5,12-13H2,1H3;1-3,5,7-9,18H,(H2,14,17);6H,2-5H2,1H3,(H,9,10). The van der Waals surface area contributed by atoms with Crippen molar-refractivity contribution in [1.82, 2.24) is 39.9 Å². The van der Waals surface area contributed by atoms with Crippen LogP contribution in [0.15, 0.2) is 95.1 Å². The van der Waals surface area contributed by atoms with Gasteiger partial charge in [0.2, 0.25) is 11.7 Å². The number of carbonyl (C=O) groups is 1. The maximum Gasteiger partial charge on any atom is 0.320 e. The highest BCUT2D eigenvalue weighted by atomic mass is 16.5. The molecule has 0 aromatic carbocycles. The molecule has 2 unspecified atom stereocenters. The van der Waals surface area contributed by atoms with Gasteiger partial charge in [0.1, 0.15) is 28.8 Å². The minimum absolute atomic E-state index is 0.0285. The molecule has 276 valence electrons. The molecule has 2 aliphatic rings. The summed E-state index contributed by atoms with van der Waals surface area (Å²) < 4.78 is 5.45. The van der Waals surface area contributed by atoms with Crippen LogP contribution in [0.1, 0.15) is 79.7 Å². The van der Waals surface area contributed by atoms with Crippen molar-refractivity contribution in [1.29, 1.82) is 0 Å². The van der Waals surface area contributed by atoms with Gasteiger partial charge >= 0.3 is 5.97 Å². The van der Waals surface area contributed by atoms with E-state index in [-0.39, 0.29) is 17.9 Å². The highest BCUT2D eigenvalue weighted by molar-refractivity contribution is 5.95. The molecule has 5 aromatic rings. The van der Waals surface area contributed by atoms with Crippen molar-refractivity contribution in [2.24, 2.45) is 10.9 Å². The quantitative estimate of drug-likeness (QED) is 0.0723. The largest absolute Gasteiger partial charge is 0.480 e. The molecule has 0 spiro atoms. The third-order valence-electron chi connectivity index (χ3n) is 8.66. The third kappa shape index (κ3) is 11.5. The van der Waals surface area contributed by atoms with Gasteiger partial charge in [0.15, 0.2) is 5.84 Å². The molecule has 14 heteroatoms. The molecule has 7 heterocycles. The van der Waals surface area contributed by atoms with Gasteiger partial charge in [0.05, 0.1) is 6.04 Å². The van der Waals surface area contributed by atoms with E-state index in [2.05, 4.69) is 70.7 Å². The minimum atomic E-state index is -0.707. The molecular weight excluding hydrogens is 685 g/mol. The Kier molecular flexibility index (Phi) is 14.3. The Labute approximate surface area is 314 Å². The Balaban J connectivity index is 0.000000173. The average Bonchev–Trinajstić information content (AvgIpc) is 4.05. The number of oxime groups is 1. The third-order valence-corrected chi connectivity index (χ3v) is 8.66. The second-order valence-electron chi connectivity index (χ2n) is 12.4. The van der Waals surface area contributed by atoms with Crippen molar-refractivity contribution in [3.8, 4) is 35.2 Å². The van der Waals surface area contributed by atoms with E-state index in [9.17, 15) is 4.79 Å². The molecule has 4 N–H and O–H groups in total. The number of carboxylic acid groups (broad SMARTS) is 1. The fourth-order valence-corrected chi connectivity index (χ4v) is 5.50. The van der Waals surface area contributed by atoms with E-state index in [1.807, 2.05) is 53.4 Å². The van der Waals surface area contributed by atoms with Crippen LogP contribution in [0.4, 0.5) is 0 Å². The summed E-state index contributed by atoms with van der Waals surface area (Å²) in [5, 5.41) is 24.0. The highest BCUT2D eigenvalue weighted by Crippen LogP contribution is 2.25. The smallest absolute Gasteiger partial charge is 0.320 e. The molecule has 0 aliphatic carbocycles. The number of carboxylic acids is 1. The van der Waals surface area contributed by atoms with E-state index in [1.54, 1.807) is 43.8 Å². The van der Waals surface area contributed by atoms with Crippen LogP contribution in [0, 0.1) is 23.7 Å². The van der Waals surface area contributed by atoms with Crippen LogP contribution in [0.5, 0.6) is 0 Å². The molecule has 5 aromatic heterocycles. The Morgan fingerprint density at radius 1 is 0.778 bits per heavy atom. The van der Waals surface area contributed by atoms with Crippen LogP contribution in [0.3, 0.4) is 0 Å². The molecule has 54 heavy (non-hydrogen) atoms. The number of likely N-dealkylation sites (tertiary alicyclic amines) is 2. The summed E-state index contributed by atoms with van der Waals surface area (Å²) in [4.78, 5) is 36.0. The molecule has 2 saturated heterocycles. The van der Waals surface area contributed by atoms with Crippen LogP contribution in [0.2, 0.25) is 0 Å². The zero-order valence-electron chi connectivity index (χ0n) is 30.2. The number of aliphatic carboxylic acids is 1. The van der Waals surface area contributed by atoms with E-state index in [0.717, 1.165) is 55.8 Å². The highest BCUT2D eigenvalue weighted by Gasteiger charge is 2.25. The monoisotopic (exact) mass is 726 g/mol. The molecule has 7 rings (SSSR count). The van der Waals surface area contributed by atoms with Crippen LogP contribution < -0.4 is 5.73 Å². The van der Waals surface area contributed by atoms with Crippen molar-refractivity contribution < 1.29 is 19.6 Å². The fourth-order valence-electron chi connectivity index (χ4n) is 5.50. The zero-order chi connectivity index (χ0) is 38.1. The molecule has 0 bridgehead atoms. The summed E-state index contributed by atoms with van der Waals surface area (Å²) in [7, 11) is 0. The van der Waals surface area contributed by atoms with E-state index in [4.69, 9.17) is 20.6 Å². The molecule has 0 radical (unpaired) electrons. The maximum atomic E-state index is 10.4. The van der Waals surface area contributed by atoms with E-state index in [0.29, 0.717) is 28.8 Å². The van der Waals surface area contributed by atoms with Gasteiger partial charge in [-0.25, -0.2) is 9.97 Å². The summed E-state index contributed by atoms with van der Waals surface area (Å²) in [6.07, 6.45) is 11.4. The molecule has 2 atom stereocenters. The number of rotatable bonds is 6. The number of hydrogen-bond acceptors (Lipinski definition) is 12.